The highest BCUT2D eigenvalue weighted by Gasteiger charge is 2.60. The van der Waals surface area contributed by atoms with E-state index in [-0.39, 0.29) is 34.5 Å². The van der Waals surface area contributed by atoms with Crippen LogP contribution in [0.15, 0.2) is 18.2 Å². The first-order valence-electron chi connectivity index (χ1n) is 8.72. The summed E-state index contributed by atoms with van der Waals surface area (Å²) in [6.45, 7) is 1.56. The maximum atomic E-state index is 13.1. The quantitative estimate of drug-likeness (QED) is 0.891. The van der Waals surface area contributed by atoms with E-state index in [9.17, 15) is 14.1 Å². The van der Waals surface area contributed by atoms with Gasteiger partial charge in [0.05, 0.1) is 23.7 Å². The van der Waals surface area contributed by atoms with Crippen molar-refractivity contribution >= 4 is 16.6 Å². The monoisotopic (exact) mass is 348 g/mol. The molecule has 0 spiro atoms. The summed E-state index contributed by atoms with van der Waals surface area (Å²) < 4.78 is 18.5. The van der Waals surface area contributed by atoms with Crippen LogP contribution >= 0.6 is 0 Å². The van der Waals surface area contributed by atoms with E-state index in [0.29, 0.717) is 0 Å². The number of aliphatic hydroxyl groups is 1. The molecule has 4 rings (SSSR count). The summed E-state index contributed by atoms with van der Waals surface area (Å²) in [4.78, 5) is 12.0. The summed E-state index contributed by atoms with van der Waals surface area (Å²) in [6, 6.07) is 6.06. The topological polar surface area (TPSA) is 63.6 Å². The lowest BCUT2D eigenvalue weighted by molar-refractivity contribution is -0.130. The van der Waals surface area contributed by atoms with Gasteiger partial charge in [0.15, 0.2) is 0 Å². The van der Waals surface area contributed by atoms with Crippen molar-refractivity contribution < 1.29 is 18.8 Å². The number of hydrogen-bond donors (Lipinski definition) is 1. The molecule has 1 aromatic rings. The van der Waals surface area contributed by atoms with Crippen molar-refractivity contribution in [1.82, 2.24) is 0 Å². The zero-order chi connectivity index (χ0) is 17.1. The molecule has 1 aromatic carbocycles. The lowest BCUT2D eigenvalue weighted by Crippen LogP contribution is -2.55. The van der Waals surface area contributed by atoms with Crippen LogP contribution in [-0.4, -0.2) is 33.6 Å². The molecule has 130 valence electrons. The van der Waals surface area contributed by atoms with Crippen LogP contribution in [0.25, 0.3) is 0 Å². The predicted molar refractivity (Wildman–Crippen MR) is 92.4 cm³/mol. The van der Waals surface area contributed by atoms with Gasteiger partial charge >= 0.3 is 0 Å². The first-order chi connectivity index (χ1) is 11.5. The largest absolute Gasteiger partial charge is 0.497 e. The van der Waals surface area contributed by atoms with Crippen molar-refractivity contribution in [3.8, 4) is 5.75 Å². The number of carbonyl (C=O) groups is 1. The first-order valence-corrected chi connectivity index (χ1v) is 10.1. The Bertz CT molecular complexity index is 715. The molecule has 3 aliphatic rings. The van der Waals surface area contributed by atoms with Crippen molar-refractivity contribution in [3.63, 3.8) is 0 Å². The number of benzene rings is 1. The van der Waals surface area contributed by atoms with Gasteiger partial charge in [0.25, 0.3) is 0 Å². The zero-order valence-corrected chi connectivity index (χ0v) is 15.0. The molecule has 6 atom stereocenters. The second-order valence-electron chi connectivity index (χ2n) is 7.55. The Morgan fingerprint density at radius 2 is 2.12 bits per heavy atom. The average Bonchev–Trinajstić information content (AvgIpc) is 2.90. The molecule has 24 heavy (non-hydrogen) atoms. The van der Waals surface area contributed by atoms with Gasteiger partial charge in [0, 0.05) is 16.7 Å². The summed E-state index contributed by atoms with van der Waals surface area (Å²) in [7, 11) is 0.473. The molecular weight excluding hydrogens is 324 g/mol. The maximum Gasteiger partial charge on any atom is 0.135 e. The Labute approximate surface area is 145 Å². The molecule has 1 N–H and O–H groups in total. The molecule has 1 saturated carbocycles. The van der Waals surface area contributed by atoms with Crippen LogP contribution in [0.2, 0.25) is 0 Å². The molecule has 2 aliphatic carbocycles. The second kappa shape index (κ2) is 5.67. The fourth-order valence-electron chi connectivity index (χ4n) is 5.42. The molecule has 0 amide bonds. The Morgan fingerprint density at radius 3 is 2.83 bits per heavy atom. The van der Waals surface area contributed by atoms with E-state index in [1.807, 2.05) is 12.1 Å². The smallest absolute Gasteiger partial charge is 0.135 e. The lowest BCUT2D eigenvalue weighted by Gasteiger charge is -2.48. The Kier molecular flexibility index (Phi) is 3.84. The Morgan fingerprint density at radius 1 is 1.33 bits per heavy atom. The van der Waals surface area contributed by atoms with Crippen LogP contribution in [0.5, 0.6) is 5.75 Å². The number of ketones is 1. The van der Waals surface area contributed by atoms with Crippen LogP contribution in [0.4, 0.5) is 0 Å². The minimum atomic E-state index is -1.17. The van der Waals surface area contributed by atoms with Gasteiger partial charge in [-0.2, -0.15) is 0 Å². The molecule has 0 bridgehead atoms. The van der Waals surface area contributed by atoms with E-state index in [1.165, 1.54) is 5.56 Å². The van der Waals surface area contributed by atoms with Gasteiger partial charge in [0.2, 0.25) is 0 Å². The second-order valence-corrected chi connectivity index (χ2v) is 9.11. The van der Waals surface area contributed by atoms with E-state index in [0.717, 1.165) is 37.0 Å². The first kappa shape index (κ1) is 16.3. The van der Waals surface area contributed by atoms with Crippen LogP contribution in [0.3, 0.4) is 0 Å². The normalized spacial score (nSPS) is 40.4. The van der Waals surface area contributed by atoms with Gasteiger partial charge in [0.1, 0.15) is 11.5 Å². The van der Waals surface area contributed by atoms with Gasteiger partial charge in [-0.3, -0.25) is 9.00 Å². The number of rotatable bonds is 2. The molecule has 1 saturated heterocycles. The summed E-state index contributed by atoms with van der Waals surface area (Å²) >= 11 is 0. The number of methoxy groups -OCH3 is 1. The zero-order valence-electron chi connectivity index (χ0n) is 14.2. The highest BCUT2D eigenvalue weighted by molar-refractivity contribution is 7.85. The van der Waals surface area contributed by atoms with Gasteiger partial charge < -0.3 is 9.84 Å². The van der Waals surface area contributed by atoms with Gasteiger partial charge in [-0.05, 0) is 67.7 Å². The maximum absolute atomic E-state index is 13.1. The van der Waals surface area contributed by atoms with E-state index < -0.39 is 16.4 Å². The summed E-state index contributed by atoms with van der Waals surface area (Å²) in [6.07, 6.45) is 3.46. The predicted octanol–water partition coefficient (Wildman–Crippen LogP) is 2.41. The number of ether oxygens (including phenoxy) is 1. The summed E-state index contributed by atoms with van der Waals surface area (Å²) in [5, 5.41) is 11.2. The lowest BCUT2D eigenvalue weighted by atomic mass is 9.69. The van der Waals surface area contributed by atoms with Crippen LogP contribution < -0.4 is 4.74 Å². The molecule has 1 unspecified atom stereocenters. The van der Waals surface area contributed by atoms with Crippen LogP contribution in [0.1, 0.15) is 42.6 Å². The third-order valence-electron chi connectivity index (χ3n) is 6.47. The minimum Gasteiger partial charge on any atom is -0.497 e. The number of Topliss-reactive ketones (excluding diaryl/α,β-unsaturated/α-hetero) is 1. The third-order valence-corrected chi connectivity index (χ3v) is 8.39. The van der Waals surface area contributed by atoms with E-state index in [1.54, 1.807) is 14.0 Å². The van der Waals surface area contributed by atoms with Crippen LogP contribution in [-0.2, 0) is 22.0 Å². The van der Waals surface area contributed by atoms with Crippen LogP contribution in [0, 0.1) is 17.8 Å². The molecule has 1 aliphatic heterocycles. The van der Waals surface area contributed by atoms with Crippen molar-refractivity contribution in [3.05, 3.63) is 29.3 Å². The number of hydrogen-bond acceptors (Lipinski definition) is 4. The molecule has 5 heteroatoms. The van der Waals surface area contributed by atoms with Gasteiger partial charge in [-0.25, -0.2) is 0 Å². The fourth-order valence-corrected chi connectivity index (χ4v) is 7.68. The van der Waals surface area contributed by atoms with Gasteiger partial charge in [-0.15, -0.1) is 0 Å². The number of aryl methyl sites for hydroxylation is 1. The fraction of sp³-hybridized carbons (Fsp3) is 0.632. The third kappa shape index (κ3) is 2.21. The highest BCUT2D eigenvalue weighted by atomic mass is 32.2. The van der Waals surface area contributed by atoms with E-state index in [4.69, 9.17) is 4.74 Å². The molecular formula is C19H24O4S. The molecule has 4 nitrogen and oxygen atoms in total. The molecule has 1 heterocycles. The SMILES string of the molecule is COc1ccc2c(c1)[C@@H]1[C@@H](CC2)[C@@H]2CC[C@@H](C(C)=O)[C@@]2(O)CS1=O. The van der Waals surface area contributed by atoms with Crippen molar-refractivity contribution in [1.29, 1.82) is 0 Å². The van der Waals surface area contributed by atoms with Crippen molar-refractivity contribution in [2.75, 3.05) is 12.9 Å². The molecule has 0 radical (unpaired) electrons. The van der Waals surface area contributed by atoms with Crippen molar-refractivity contribution in [2.24, 2.45) is 17.8 Å². The summed E-state index contributed by atoms with van der Waals surface area (Å²) in [5.74, 6) is 0.967. The highest BCUT2D eigenvalue weighted by Crippen LogP contribution is 2.57. The van der Waals surface area contributed by atoms with Crippen molar-refractivity contribution in [2.45, 2.75) is 43.5 Å². The Hall–Kier alpha value is -1.20. The molecule has 0 aromatic heterocycles. The van der Waals surface area contributed by atoms with Gasteiger partial charge in [-0.1, -0.05) is 6.07 Å². The Balaban J connectivity index is 1.75. The standard InChI is InChI=1S/C19H24O4S/c1-11(20)16-7-8-17-14-6-4-12-3-5-13(23-2)9-15(12)18(14)24(22)10-19(16,17)21/h3,5,9,14,16-18,21H,4,6-8,10H2,1-2H3/t14-,16-,17-,18-,19-,24?/m0/s1. The number of fused-ring (bicyclic) bond motifs is 5. The number of carbonyl (C=O) groups excluding carboxylic acids is 1. The van der Waals surface area contributed by atoms with E-state index >= 15 is 0 Å². The minimum absolute atomic E-state index is 0.0355. The average molecular weight is 348 g/mol. The molecule has 2 fully saturated rings. The summed E-state index contributed by atoms with van der Waals surface area (Å²) in [5.41, 5.74) is 1.29. The van der Waals surface area contributed by atoms with E-state index in [2.05, 4.69) is 6.07 Å².